The molecule has 0 radical (unpaired) electrons. The van der Waals surface area contributed by atoms with Gasteiger partial charge in [-0.05, 0) is 12.8 Å². The average molecular weight is 144 g/mol. The molecule has 60 valence electrons. The highest BCUT2D eigenvalue weighted by Crippen LogP contribution is 2.29. The Bertz CT molecular complexity index is 103. The largest absolute Gasteiger partial charge is 0.390 e. The predicted octanol–water partition coefficient (Wildman–Crippen LogP) is 1.32. The third kappa shape index (κ3) is 1.70. The number of aliphatic hydroxyl groups is 1. The second-order valence-electron chi connectivity index (χ2n) is 2.90. The van der Waals surface area contributed by atoms with Gasteiger partial charge in [0.1, 0.15) is 6.10 Å². The van der Waals surface area contributed by atoms with Crippen LogP contribution in [0.4, 0.5) is 0 Å². The average Bonchev–Trinajstić information content (AvgIpc) is 2.66. The van der Waals surface area contributed by atoms with Crippen LogP contribution in [0, 0.1) is 0 Å². The fourth-order valence-corrected chi connectivity index (χ4v) is 1.28. The summed E-state index contributed by atoms with van der Waals surface area (Å²) in [6.07, 6.45) is 3.24. The number of ether oxygens (including phenoxy) is 1. The van der Waals surface area contributed by atoms with E-state index in [4.69, 9.17) is 4.74 Å². The molecule has 2 nitrogen and oxygen atoms in total. The van der Waals surface area contributed by atoms with Gasteiger partial charge in [0.2, 0.25) is 0 Å². The van der Waals surface area contributed by atoms with Gasteiger partial charge in [-0.15, -0.1) is 0 Å². The van der Waals surface area contributed by atoms with Crippen molar-refractivity contribution in [2.75, 3.05) is 0 Å². The molecule has 1 fully saturated rings. The van der Waals surface area contributed by atoms with E-state index in [9.17, 15) is 5.11 Å². The first kappa shape index (κ1) is 8.02. The molecular weight excluding hydrogens is 128 g/mol. The van der Waals surface area contributed by atoms with Crippen LogP contribution in [0.25, 0.3) is 0 Å². The van der Waals surface area contributed by atoms with E-state index in [1.165, 1.54) is 0 Å². The summed E-state index contributed by atoms with van der Waals surface area (Å²) in [6.45, 7) is 4.16. The number of aliphatic hydroxyl groups excluding tert-OH is 1. The zero-order valence-corrected chi connectivity index (χ0v) is 6.71. The van der Waals surface area contributed by atoms with Gasteiger partial charge in [-0.25, -0.2) is 0 Å². The smallest absolute Gasteiger partial charge is 0.110 e. The number of epoxide rings is 1. The lowest BCUT2D eigenvalue weighted by atomic mass is 10.1. The molecule has 3 atom stereocenters. The summed E-state index contributed by atoms with van der Waals surface area (Å²) in [5, 5.41) is 9.37. The van der Waals surface area contributed by atoms with Crippen molar-refractivity contribution in [3.05, 3.63) is 0 Å². The van der Waals surface area contributed by atoms with E-state index >= 15 is 0 Å². The van der Waals surface area contributed by atoms with E-state index in [-0.39, 0.29) is 12.2 Å². The van der Waals surface area contributed by atoms with E-state index in [1.807, 2.05) is 0 Å². The van der Waals surface area contributed by atoms with Gasteiger partial charge >= 0.3 is 0 Å². The van der Waals surface area contributed by atoms with E-state index in [0.29, 0.717) is 6.10 Å². The summed E-state index contributed by atoms with van der Waals surface area (Å²) < 4.78 is 5.23. The number of hydrogen-bond donors (Lipinski definition) is 1. The van der Waals surface area contributed by atoms with Crippen molar-refractivity contribution in [3.8, 4) is 0 Å². The maximum absolute atomic E-state index is 9.37. The third-order valence-corrected chi connectivity index (χ3v) is 1.99. The van der Waals surface area contributed by atoms with Crippen LogP contribution in [0.1, 0.15) is 33.1 Å². The number of hydrogen-bond acceptors (Lipinski definition) is 2. The SMILES string of the molecule is CCCC(O)C1OC1CC. The van der Waals surface area contributed by atoms with Gasteiger partial charge < -0.3 is 9.84 Å². The van der Waals surface area contributed by atoms with Crippen LogP contribution >= 0.6 is 0 Å². The molecule has 0 aromatic carbocycles. The van der Waals surface area contributed by atoms with Crippen LogP contribution in [0.3, 0.4) is 0 Å². The second-order valence-corrected chi connectivity index (χ2v) is 2.90. The maximum atomic E-state index is 9.37. The Morgan fingerprint density at radius 3 is 2.60 bits per heavy atom. The van der Waals surface area contributed by atoms with Crippen LogP contribution in [-0.4, -0.2) is 23.4 Å². The van der Waals surface area contributed by atoms with Gasteiger partial charge in [0.25, 0.3) is 0 Å². The van der Waals surface area contributed by atoms with Crippen molar-refractivity contribution < 1.29 is 9.84 Å². The quantitative estimate of drug-likeness (QED) is 0.604. The fraction of sp³-hybridized carbons (Fsp3) is 1.00. The first-order valence-electron chi connectivity index (χ1n) is 4.13. The molecule has 1 heterocycles. The molecule has 1 rings (SSSR count). The van der Waals surface area contributed by atoms with Crippen molar-refractivity contribution in [2.24, 2.45) is 0 Å². The third-order valence-electron chi connectivity index (χ3n) is 1.99. The molecule has 0 spiro atoms. The van der Waals surface area contributed by atoms with Crippen molar-refractivity contribution >= 4 is 0 Å². The lowest BCUT2D eigenvalue weighted by molar-refractivity contribution is 0.126. The second kappa shape index (κ2) is 3.35. The van der Waals surface area contributed by atoms with Gasteiger partial charge in [-0.3, -0.25) is 0 Å². The molecule has 1 saturated heterocycles. The monoisotopic (exact) mass is 144 g/mol. The molecule has 1 aliphatic rings. The maximum Gasteiger partial charge on any atom is 0.110 e. The molecule has 1 aliphatic heterocycles. The van der Waals surface area contributed by atoms with E-state index in [2.05, 4.69) is 13.8 Å². The lowest BCUT2D eigenvalue weighted by Crippen LogP contribution is -2.15. The molecule has 10 heavy (non-hydrogen) atoms. The van der Waals surface area contributed by atoms with E-state index < -0.39 is 0 Å². The minimum Gasteiger partial charge on any atom is -0.390 e. The summed E-state index contributed by atoms with van der Waals surface area (Å²) in [4.78, 5) is 0. The summed E-state index contributed by atoms with van der Waals surface area (Å²) in [5.41, 5.74) is 0. The molecule has 3 unspecified atom stereocenters. The molecule has 0 aliphatic carbocycles. The molecule has 0 aromatic heterocycles. The highest BCUT2D eigenvalue weighted by atomic mass is 16.6. The van der Waals surface area contributed by atoms with Crippen LogP contribution < -0.4 is 0 Å². The van der Waals surface area contributed by atoms with Crippen molar-refractivity contribution in [2.45, 2.75) is 51.4 Å². The Balaban J connectivity index is 2.12. The van der Waals surface area contributed by atoms with Gasteiger partial charge in [0, 0.05) is 0 Å². The Kier molecular flexibility index (Phi) is 2.69. The summed E-state index contributed by atoms with van der Waals surface area (Å²) in [5.74, 6) is 0. The molecule has 0 aromatic rings. The Labute approximate surface area is 62.2 Å². The molecule has 0 amide bonds. The van der Waals surface area contributed by atoms with Gasteiger partial charge in [0.05, 0.1) is 12.2 Å². The zero-order chi connectivity index (χ0) is 7.56. The standard InChI is InChI=1S/C8H16O2/c1-3-5-6(9)8-7(4-2)10-8/h6-9H,3-5H2,1-2H3. The zero-order valence-electron chi connectivity index (χ0n) is 6.71. The van der Waals surface area contributed by atoms with Crippen LogP contribution in [0.15, 0.2) is 0 Å². The Morgan fingerprint density at radius 2 is 2.20 bits per heavy atom. The first-order chi connectivity index (χ1) is 4.79. The van der Waals surface area contributed by atoms with Crippen molar-refractivity contribution in [1.29, 1.82) is 0 Å². The van der Waals surface area contributed by atoms with Gasteiger partial charge in [-0.2, -0.15) is 0 Å². The molecule has 2 heteroatoms. The molecular formula is C8H16O2. The minimum absolute atomic E-state index is 0.157. The van der Waals surface area contributed by atoms with Crippen molar-refractivity contribution in [3.63, 3.8) is 0 Å². The fourth-order valence-electron chi connectivity index (χ4n) is 1.28. The lowest BCUT2D eigenvalue weighted by Gasteiger charge is -2.03. The minimum atomic E-state index is -0.213. The summed E-state index contributed by atoms with van der Waals surface area (Å²) >= 11 is 0. The first-order valence-corrected chi connectivity index (χ1v) is 4.13. The highest BCUT2D eigenvalue weighted by molar-refractivity contribution is 4.89. The summed E-state index contributed by atoms with van der Waals surface area (Å²) in [6, 6.07) is 0. The van der Waals surface area contributed by atoms with Gasteiger partial charge in [-0.1, -0.05) is 20.3 Å². The summed E-state index contributed by atoms with van der Waals surface area (Å²) in [7, 11) is 0. The van der Waals surface area contributed by atoms with E-state index in [1.54, 1.807) is 0 Å². The normalized spacial score (nSPS) is 33.9. The molecule has 0 saturated carbocycles. The predicted molar refractivity (Wildman–Crippen MR) is 39.9 cm³/mol. The molecule has 0 bridgehead atoms. The van der Waals surface area contributed by atoms with Gasteiger partial charge in [0.15, 0.2) is 0 Å². The van der Waals surface area contributed by atoms with Crippen LogP contribution in [0.2, 0.25) is 0 Å². The number of rotatable bonds is 4. The van der Waals surface area contributed by atoms with Crippen molar-refractivity contribution in [1.82, 2.24) is 0 Å². The molecule has 1 N–H and O–H groups in total. The van der Waals surface area contributed by atoms with Crippen LogP contribution in [0.5, 0.6) is 0 Å². The Morgan fingerprint density at radius 1 is 1.50 bits per heavy atom. The van der Waals surface area contributed by atoms with E-state index in [0.717, 1.165) is 19.3 Å². The Hall–Kier alpha value is -0.0800. The topological polar surface area (TPSA) is 32.8 Å². The van der Waals surface area contributed by atoms with Crippen LogP contribution in [-0.2, 0) is 4.74 Å². The highest BCUT2D eigenvalue weighted by Gasteiger charge is 2.41.